The zero-order valence-corrected chi connectivity index (χ0v) is 17.4. The molecule has 4 rings (SSSR count). The lowest BCUT2D eigenvalue weighted by atomic mass is 10.2. The fourth-order valence-corrected chi connectivity index (χ4v) is 3.62. The number of hydrogen-bond acceptors (Lipinski definition) is 5. The van der Waals surface area contributed by atoms with E-state index in [4.69, 9.17) is 4.74 Å². The quantitative estimate of drug-likeness (QED) is 0.660. The Hall–Kier alpha value is -3.88. The number of ether oxygens (including phenoxy) is 1. The van der Waals surface area contributed by atoms with Gasteiger partial charge in [-0.25, -0.2) is 4.79 Å². The smallest absolute Gasteiger partial charge is 0.322 e. The minimum Gasteiger partial charge on any atom is -0.497 e. The molecule has 0 spiro atoms. The molecule has 9 nitrogen and oxygen atoms in total. The van der Waals surface area contributed by atoms with E-state index >= 15 is 0 Å². The van der Waals surface area contributed by atoms with Crippen LogP contribution in [0.4, 0.5) is 16.2 Å². The monoisotopic (exact) mass is 420 g/mol. The number of nitrogens with one attached hydrogen (secondary N) is 2. The maximum absolute atomic E-state index is 12.8. The van der Waals surface area contributed by atoms with Crippen molar-refractivity contribution in [2.75, 3.05) is 24.3 Å². The predicted octanol–water partition coefficient (Wildman–Crippen LogP) is 3.13. The zero-order valence-electron chi connectivity index (χ0n) is 17.4. The summed E-state index contributed by atoms with van der Waals surface area (Å²) in [5.41, 5.74) is 2.21. The lowest BCUT2D eigenvalue weighted by Crippen LogP contribution is -2.45. The second-order valence-electron chi connectivity index (χ2n) is 7.34. The first-order valence-corrected chi connectivity index (χ1v) is 10.0. The Morgan fingerprint density at radius 3 is 2.35 bits per heavy atom. The van der Waals surface area contributed by atoms with Gasteiger partial charge in [0.15, 0.2) is 5.82 Å². The molecule has 0 saturated carbocycles. The first kappa shape index (κ1) is 20.4. The molecule has 1 fully saturated rings. The van der Waals surface area contributed by atoms with Gasteiger partial charge in [-0.2, -0.15) is 0 Å². The van der Waals surface area contributed by atoms with Gasteiger partial charge in [-0.1, -0.05) is 0 Å². The van der Waals surface area contributed by atoms with Crippen LogP contribution in [0.25, 0.3) is 11.4 Å². The molecule has 2 N–H and O–H groups in total. The standard InChI is InChI=1S/C22H24N6O3/c1-27-14-23-26-20(27)15-5-7-17(8-6-15)25-22(30)28-13-3-4-19(28)21(29)24-16-9-11-18(31-2)12-10-16/h5-12,14,19H,3-4,13H2,1-2H3,(H,24,29)(H,25,30)/t19-/m1/s1. The van der Waals surface area contributed by atoms with Crippen molar-refractivity contribution in [3.8, 4) is 17.1 Å². The highest BCUT2D eigenvalue weighted by molar-refractivity contribution is 5.99. The molecule has 0 aliphatic carbocycles. The molecule has 31 heavy (non-hydrogen) atoms. The van der Waals surface area contributed by atoms with E-state index in [1.807, 2.05) is 35.9 Å². The molecule has 0 unspecified atom stereocenters. The Morgan fingerprint density at radius 2 is 1.71 bits per heavy atom. The molecule has 0 bridgehead atoms. The van der Waals surface area contributed by atoms with Crippen LogP contribution in [-0.4, -0.2) is 51.3 Å². The van der Waals surface area contributed by atoms with Crippen molar-refractivity contribution in [2.45, 2.75) is 18.9 Å². The van der Waals surface area contributed by atoms with E-state index in [9.17, 15) is 9.59 Å². The Bertz CT molecular complexity index is 1060. The van der Waals surface area contributed by atoms with Crippen molar-refractivity contribution in [2.24, 2.45) is 7.05 Å². The molecule has 3 amide bonds. The summed E-state index contributed by atoms with van der Waals surface area (Å²) in [5.74, 6) is 1.26. The summed E-state index contributed by atoms with van der Waals surface area (Å²) in [6.45, 7) is 0.531. The lowest BCUT2D eigenvalue weighted by molar-refractivity contribution is -0.119. The molecule has 2 heterocycles. The molecule has 3 aromatic rings. The summed E-state index contributed by atoms with van der Waals surface area (Å²) in [6.07, 6.45) is 3.04. The van der Waals surface area contributed by atoms with Crippen LogP contribution in [0.1, 0.15) is 12.8 Å². The number of urea groups is 1. The van der Waals surface area contributed by atoms with Crippen molar-refractivity contribution in [3.63, 3.8) is 0 Å². The number of aryl methyl sites for hydroxylation is 1. The third-order valence-electron chi connectivity index (χ3n) is 5.28. The van der Waals surface area contributed by atoms with Crippen LogP contribution >= 0.6 is 0 Å². The number of carbonyl (C=O) groups is 2. The van der Waals surface area contributed by atoms with Gasteiger partial charge in [0.2, 0.25) is 5.91 Å². The van der Waals surface area contributed by atoms with Crippen LogP contribution in [-0.2, 0) is 11.8 Å². The van der Waals surface area contributed by atoms with Gasteiger partial charge in [0.25, 0.3) is 0 Å². The third-order valence-corrected chi connectivity index (χ3v) is 5.28. The number of methoxy groups -OCH3 is 1. The average Bonchev–Trinajstić information content (AvgIpc) is 3.44. The summed E-state index contributed by atoms with van der Waals surface area (Å²) in [6, 6.07) is 13.7. The molecule has 160 valence electrons. The first-order chi connectivity index (χ1) is 15.0. The number of benzene rings is 2. The second-order valence-corrected chi connectivity index (χ2v) is 7.34. The van der Waals surface area contributed by atoms with Crippen LogP contribution in [0, 0.1) is 0 Å². The molecule has 1 aromatic heterocycles. The van der Waals surface area contributed by atoms with Crippen molar-refractivity contribution < 1.29 is 14.3 Å². The number of rotatable bonds is 5. The number of carbonyl (C=O) groups excluding carboxylic acids is 2. The number of hydrogen-bond donors (Lipinski definition) is 2. The van der Waals surface area contributed by atoms with E-state index in [2.05, 4.69) is 20.8 Å². The highest BCUT2D eigenvalue weighted by Crippen LogP contribution is 2.23. The minimum atomic E-state index is -0.514. The van der Waals surface area contributed by atoms with Gasteiger partial charge in [0, 0.05) is 30.5 Å². The number of anilines is 2. The lowest BCUT2D eigenvalue weighted by Gasteiger charge is -2.24. The summed E-state index contributed by atoms with van der Waals surface area (Å²) < 4.78 is 6.95. The van der Waals surface area contributed by atoms with Gasteiger partial charge in [-0.15, -0.1) is 10.2 Å². The number of nitrogens with zero attached hydrogens (tertiary/aromatic N) is 4. The van der Waals surface area contributed by atoms with E-state index < -0.39 is 6.04 Å². The molecule has 1 aliphatic rings. The van der Waals surface area contributed by atoms with Crippen molar-refractivity contribution in [3.05, 3.63) is 54.9 Å². The summed E-state index contributed by atoms with van der Waals surface area (Å²) in [4.78, 5) is 27.2. The fraction of sp³-hybridized carbons (Fsp3) is 0.273. The van der Waals surface area contributed by atoms with E-state index in [0.29, 0.717) is 30.1 Å². The summed E-state index contributed by atoms with van der Waals surface area (Å²) >= 11 is 0. The minimum absolute atomic E-state index is 0.199. The number of aromatic nitrogens is 3. The zero-order chi connectivity index (χ0) is 21.8. The maximum Gasteiger partial charge on any atom is 0.322 e. The molecule has 0 radical (unpaired) electrons. The molecular weight excluding hydrogens is 396 g/mol. The van der Waals surface area contributed by atoms with Gasteiger partial charge < -0.3 is 24.8 Å². The van der Waals surface area contributed by atoms with Crippen LogP contribution in [0.5, 0.6) is 5.75 Å². The van der Waals surface area contributed by atoms with Crippen molar-refractivity contribution in [1.29, 1.82) is 0 Å². The van der Waals surface area contributed by atoms with Crippen molar-refractivity contribution in [1.82, 2.24) is 19.7 Å². The fourth-order valence-electron chi connectivity index (χ4n) is 3.62. The molecule has 9 heteroatoms. The Morgan fingerprint density at radius 1 is 1.03 bits per heavy atom. The molecule has 2 aromatic carbocycles. The van der Waals surface area contributed by atoms with Gasteiger partial charge in [0.1, 0.15) is 18.1 Å². The predicted molar refractivity (Wildman–Crippen MR) is 117 cm³/mol. The summed E-state index contributed by atoms with van der Waals surface area (Å²) in [5, 5.41) is 13.7. The SMILES string of the molecule is COc1ccc(NC(=O)[C@H]2CCCN2C(=O)Nc2ccc(-c3nncn3C)cc2)cc1. The van der Waals surface area contributed by atoms with Crippen LogP contribution in [0.2, 0.25) is 0 Å². The highest BCUT2D eigenvalue weighted by atomic mass is 16.5. The van der Waals surface area contributed by atoms with Gasteiger partial charge in [-0.05, 0) is 61.4 Å². The molecule has 1 aliphatic heterocycles. The third kappa shape index (κ3) is 4.50. The maximum atomic E-state index is 12.8. The Kier molecular flexibility index (Phi) is 5.83. The molecule has 1 atom stereocenters. The van der Waals surface area contributed by atoms with Crippen LogP contribution < -0.4 is 15.4 Å². The van der Waals surface area contributed by atoms with Gasteiger partial charge in [-0.3, -0.25) is 4.79 Å². The van der Waals surface area contributed by atoms with Crippen LogP contribution in [0.3, 0.4) is 0 Å². The van der Waals surface area contributed by atoms with Crippen LogP contribution in [0.15, 0.2) is 54.9 Å². The van der Waals surface area contributed by atoms with E-state index in [-0.39, 0.29) is 11.9 Å². The number of likely N-dealkylation sites (tertiary alicyclic amines) is 1. The molecular formula is C22H24N6O3. The average molecular weight is 420 g/mol. The van der Waals surface area contributed by atoms with E-state index in [1.54, 1.807) is 42.6 Å². The van der Waals surface area contributed by atoms with E-state index in [0.717, 1.165) is 17.8 Å². The second kappa shape index (κ2) is 8.86. The van der Waals surface area contributed by atoms with Gasteiger partial charge in [0.05, 0.1) is 7.11 Å². The summed E-state index contributed by atoms with van der Waals surface area (Å²) in [7, 11) is 3.46. The largest absolute Gasteiger partial charge is 0.497 e. The topological polar surface area (TPSA) is 101 Å². The Labute approximate surface area is 180 Å². The first-order valence-electron chi connectivity index (χ1n) is 10.0. The normalized spacial score (nSPS) is 15.5. The van der Waals surface area contributed by atoms with E-state index in [1.165, 1.54) is 0 Å². The molecule has 1 saturated heterocycles. The number of amides is 3. The Balaban J connectivity index is 1.39. The highest BCUT2D eigenvalue weighted by Gasteiger charge is 2.34. The van der Waals surface area contributed by atoms with Crippen molar-refractivity contribution >= 4 is 23.3 Å². The van der Waals surface area contributed by atoms with Gasteiger partial charge >= 0.3 is 6.03 Å².